The van der Waals surface area contributed by atoms with E-state index in [2.05, 4.69) is 15.1 Å². The molecule has 7 heteroatoms. The first-order valence-corrected chi connectivity index (χ1v) is 8.13. The average molecular weight is 325 g/mol. The maximum atomic E-state index is 12.6. The van der Waals surface area contributed by atoms with E-state index in [0.717, 1.165) is 30.3 Å². The highest BCUT2D eigenvalue weighted by Crippen LogP contribution is 2.36. The van der Waals surface area contributed by atoms with Gasteiger partial charge >= 0.3 is 0 Å². The fourth-order valence-electron chi connectivity index (χ4n) is 3.05. The van der Waals surface area contributed by atoms with Crippen LogP contribution in [-0.4, -0.2) is 19.7 Å². The minimum Gasteiger partial charge on any atom is -0.339 e. The normalized spacial score (nSPS) is 16.2. The van der Waals surface area contributed by atoms with Crippen LogP contribution in [0.25, 0.3) is 10.9 Å². The van der Waals surface area contributed by atoms with Crippen LogP contribution in [0.4, 0.5) is 0 Å². The summed E-state index contributed by atoms with van der Waals surface area (Å²) in [6, 6.07) is 5.62. The fraction of sp³-hybridized carbons (Fsp3) is 0.412. The molecule has 1 saturated carbocycles. The lowest BCUT2D eigenvalue weighted by molar-refractivity contribution is 0.229. The zero-order chi connectivity index (χ0) is 16.7. The molecule has 0 radical (unpaired) electrons. The lowest BCUT2D eigenvalue weighted by Gasteiger charge is -2.34. The molecule has 4 rings (SSSR count). The summed E-state index contributed by atoms with van der Waals surface area (Å²) in [6.45, 7) is 2.39. The topological polar surface area (TPSA) is 99.8 Å². The standard InChI is InChI=1S/C17H19N5O2/c1-11-4-2-5-12-14(11)19-10-22(15(12)23)9-6-13-20-16(21-24-13)17(18)7-3-8-17/h2,4-5,10H,3,6-9,18H2,1H3. The highest BCUT2D eigenvalue weighted by molar-refractivity contribution is 5.80. The Morgan fingerprint density at radius 2 is 2.21 bits per heavy atom. The molecule has 0 bridgehead atoms. The van der Waals surface area contributed by atoms with Crippen molar-refractivity contribution in [2.45, 2.75) is 44.7 Å². The molecule has 2 aromatic heterocycles. The Hall–Kier alpha value is -2.54. The van der Waals surface area contributed by atoms with Crippen LogP contribution in [0.15, 0.2) is 33.8 Å². The van der Waals surface area contributed by atoms with Gasteiger partial charge in [0.25, 0.3) is 5.56 Å². The molecule has 2 heterocycles. The number of hydrogen-bond donors (Lipinski definition) is 1. The third-order valence-electron chi connectivity index (χ3n) is 4.78. The molecule has 3 aromatic rings. The van der Waals surface area contributed by atoms with E-state index < -0.39 is 5.54 Å². The predicted molar refractivity (Wildman–Crippen MR) is 88.5 cm³/mol. The summed E-state index contributed by atoms with van der Waals surface area (Å²) in [5, 5.41) is 4.62. The predicted octanol–water partition coefficient (Wildman–Crippen LogP) is 1.67. The lowest BCUT2D eigenvalue weighted by Crippen LogP contribution is -2.44. The van der Waals surface area contributed by atoms with E-state index in [-0.39, 0.29) is 5.56 Å². The molecule has 1 aliphatic rings. The number of nitrogens with two attached hydrogens (primary N) is 1. The van der Waals surface area contributed by atoms with Crippen LogP contribution < -0.4 is 11.3 Å². The number of rotatable bonds is 4. The fourth-order valence-corrected chi connectivity index (χ4v) is 3.05. The molecular formula is C17H19N5O2. The Bertz CT molecular complexity index is 955. The second kappa shape index (κ2) is 5.52. The Kier molecular flexibility index (Phi) is 3.45. The number of hydrogen-bond acceptors (Lipinski definition) is 6. The second-order valence-corrected chi connectivity index (χ2v) is 6.49. The summed E-state index contributed by atoms with van der Waals surface area (Å²) in [4.78, 5) is 21.3. The maximum absolute atomic E-state index is 12.6. The summed E-state index contributed by atoms with van der Waals surface area (Å²) in [6.07, 6.45) is 4.92. The number of aryl methyl sites for hydroxylation is 3. The molecule has 0 unspecified atom stereocenters. The smallest absolute Gasteiger partial charge is 0.261 e. The molecular weight excluding hydrogens is 306 g/mol. The van der Waals surface area contributed by atoms with E-state index >= 15 is 0 Å². The molecule has 1 aliphatic carbocycles. The van der Waals surface area contributed by atoms with E-state index in [1.165, 1.54) is 0 Å². The number of nitrogens with zero attached hydrogens (tertiary/aromatic N) is 4. The Labute approximate surface area is 138 Å². The minimum atomic E-state index is -0.430. The van der Waals surface area contributed by atoms with Crippen molar-refractivity contribution in [3.8, 4) is 0 Å². The van der Waals surface area contributed by atoms with Crippen molar-refractivity contribution in [3.63, 3.8) is 0 Å². The number of para-hydroxylation sites is 1. The van der Waals surface area contributed by atoms with Crippen LogP contribution in [0.1, 0.15) is 36.5 Å². The summed E-state index contributed by atoms with van der Waals surface area (Å²) in [5.41, 5.74) is 7.44. The molecule has 1 fully saturated rings. The van der Waals surface area contributed by atoms with E-state index in [1.807, 2.05) is 19.1 Å². The van der Waals surface area contributed by atoms with Crippen LogP contribution in [-0.2, 0) is 18.5 Å². The van der Waals surface area contributed by atoms with Crippen molar-refractivity contribution in [2.75, 3.05) is 0 Å². The van der Waals surface area contributed by atoms with Crippen molar-refractivity contribution >= 4 is 10.9 Å². The van der Waals surface area contributed by atoms with E-state index in [1.54, 1.807) is 17.0 Å². The van der Waals surface area contributed by atoms with Gasteiger partial charge in [-0.15, -0.1) is 0 Å². The highest BCUT2D eigenvalue weighted by Gasteiger charge is 2.38. The van der Waals surface area contributed by atoms with Crippen molar-refractivity contribution < 1.29 is 4.52 Å². The Morgan fingerprint density at radius 1 is 1.38 bits per heavy atom. The molecule has 0 aliphatic heterocycles. The van der Waals surface area contributed by atoms with Gasteiger partial charge < -0.3 is 10.3 Å². The van der Waals surface area contributed by atoms with Crippen LogP contribution in [0.3, 0.4) is 0 Å². The van der Waals surface area contributed by atoms with Gasteiger partial charge in [0.1, 0.15) is 0 Å². The van der Waals surface area contributed by atoms with Crippen LogP contribution in [0.5, 0.6) is 0 Å². The Morgan fingerprint density at radius 3 is 2.96 bits per heavy atom. The molecule has 124 valence electrons. The number of fused-ring (bicyclic) bond motifs is 1. The minimum absolute atomic E-state index is 0.0577. The van der Waals surface area contributed by atoms with Crippen molar-refractivity contribution in [1.82, 2.24) is 19.7 Å². The summed E-state index contributed by atoms with van der Waals surface area (Å²) in [5.74, 6) is 1.07. The number of benzene rings is 1. The molecule has 2 N–H and O–H groups in total. The summed E-state index contributed by atoms with van der Waals surface area (Å²) >= 11 is 0. The molecule has 0 atom stereocenters. The van der Waals surface area contributed by atoms with Crippen LogP contribution >= 0.6 is 0 Å². The lowest BCUT2D eigenvalue weighted by atomic mass is 9.77. The summed E-state index contributed by atoms with van der Waals surface area (Å²) in [7, 11) is 0. The molecule has 0 saturated heterocycles. The van der Waals surface area contributed by atoms with Gasteiger partial charge in [0.05, 0.1) is 22.8 Å². The first kappa shape index (κ1) is 15.0. The molecule has 7 nitrogen and oxygen atoms in total. The third kappa shape index (κ3) is 2.41. The first-order valence-electron chi connectivity index (χ1n) is 8.13. The van der Waals surface area contributed by atoms with Gasteiger partial charge in [0.15, 0.2) is 5.82 Å². The van der Waals surface area contributed by atoms with Crippen molar-refractivity contribution in [1.29, 1.82) is 0 Å². The zero-order valence-electron chi connectivity index (χ0n) is 13.5. The quantitative estimate of drug-likeness (QED) is 0.783. The van der Waals surface area contributed by atoms with Gasteiger partial charge in [-0.05, 0) is 37.8 Å². The van der Waals surface area contributed by atoms with Crippen molar-refractivity contribution in [2.24, 2.45) is 5.73 Å². The van der Waals surface area contributed by atoms with E-state index in [0.29, 0.717) is 30.1 Å². The van der Waals surface area contributed by atoms with Gasteiger partial charge in [-0.2, -0.15) is 4.98 Å². The monoisotopic (exact) mass is 325 g/mol. The zero-order valence-corrected chi connectivity index (χ0v) is 13.5. The van der Waals surface area contributed by atoms with Crippen molar-refractivity contribution in [3.05, 3.63) is 52.2 Å². The van der Waals surface area contributed by atoms with Gasteiger partial charge in [-0.25, -0.2) is 4.98 Å². The third-order valence-corrected chi connectivity index (χ3v) is 4.78. The van der Waals surface area contributed by atoms with Crippen LogP contribution in [0.2, 0.25) is 0 Å². The van der Waals surface area contributed by atoms with Gasteiger partial charge in [-0.1, -0.05) is 17.3 Å². The van der Waals surface area contributed by atoms with E-state index in [4.69, 9.17) is 10.3 Å². The van der Waals surface area contributed by atoms with Gasteiger partial charge in [0.2, 0.25) is 5.89 Å². The number of aromatic nitrogens is 4. The molecule has 0 spiro atoms. The molecule has 24 heavy (non-hydrogen) atoms. The van der Waals surface area contributed by atoms with Gasteiger partial charge in [-0.3, -0.25) is 9.36 Å². The first-order chi connectivity index (χ1) is 11.6. The molecule has 0 amide bonds. The SMILES string of the molecule is Cc1cccc2c(=O)n(CCc3nc(C4(N)CCC4)no3)cnc12. The van der Waals surface area contributed by atoms with Crippen LogP contribution in [0, 0.1) is 6.92 Å². The second-order valence-electron chi connectivity index (χ2n) is 6.49. The largest absolute Gasteiger partial charge is 0.339 e. The average Bonchev–Trinajstić information content (AvgIpc) is 3.02. The van der Waals surface area contributed by atoms with E-state index in [9.17, 15) is 4.79 Å². The highest BCUT2D eigenvalue weighted by atomic mass is 16.5. The maximum Gasteiger partial charge on any atom is 0.261 e. The Balaban J connectivity index is 1.55. The summed E-state index contributed by atoms with van der Waals surface area (Å²) < 4.78 is 6.85. The molecule has 1 aromatic carbocycles. The van der Waals surface area contributed by atoms with Gasteiger partial charge in [0, 0.05) is 13.0 Å².